The number of methoxy groups -OCH3 is 1. The van der Waals surface area contributed by atoms with E-state index in [0.717, 1.165) is 43.5 Å². The van der Waals surface area contributed by atoms with E-state index in [1.54, 1.807) is 7.11 Å². The second-order valence-electron chi connectivity index (χ2n) is 6.07. The van der Waals surface area contributed by atoms with Gasteiger partial charge in [0.05, 0.1) is 6.54 Å². The van der Waals surface area contributed by atoms with Gasteiger partial charge in [0.1, 0.15) is 12.4 Å². The molecule has 1 unspecified atom stereocenters. The Balaban J connectivity index is 1.87. The predicted octanol–water partition coefficient (Wildman–Crippen LogP) is 1.34. The van der Waals surface area contributed by atoms with Crippen molar-refractivity contribution in [2.75, 3.05) is 20.7 Å². The third-order valence-electron chi connectivity index (χ3n) is 4.45. The standard InChI is InChI=1S/C16H30N6O/c1-5-12(6-2)9-18-16(17-3)19-13-7-8-15-20-14(11-23-4)21-22(15)10-13/h12-13H,5-11H2,1-4H3,(H2,17,18,19). The number of nitrogens with zero attached hydrogens (tertiary/aromatic N) is 4. The monoisotopic (exact) mass is 322 g/mol. The predicted molar refractivity (Wildman–Crippen MR) is 91.4 cm³/mol. The fraction of sp³-hybridized carbons (Fsp3) is 0.812. The molecule has 7 heteroatoms. The lowest BCUT2D eigenvalue weighted by Gasteiger charge is -2.26. The van der Waals surface area contributed by atoms with Crippen LogP contribution in [0.25, 0.3) is 0 Å². The number of aliphatic imine (C=N–C) groups is 1. The van der Waals surface area contributed by atoms with Crippen molar-refractivity contribution in [3.63, 3.8) is 0 Å². The number of ether oxygens (including phenoxy) is 1. The minimum atomic E-state index is 0.326. The van der Waals surface area contributed by atoms with Crippen molar-refractivity contribution in [1.82, 2.24) is 25.4 Å². The minimum Gasteiger partial charge on any atom is -0.377 e. The topological polar surface area (TPSA) is 76.4 Å². The lowest BCUT2D eigenvalue weighted by Crippen LogP contribution is -2.48. The summed E-state index contributed by atoms with van der Waals surface area (Å²) >= 11 is 0. The number of aryl methyl sites for hydroxylation is 1. The molecular formula is C16H30N6O. The Hall–Kier alpha value is -1.63. The molecule has 2 rings (SSSR count). The van der Waals surface area contributed by atoms with Gasteiger partial charge in [-0.2, -0.15) is 5.10 Å². The summed E-state index contributed by atoms with van der Waals surface area (Å²) in [4.78, 5) is 8.85. The zero-order valence-electron chi connectivity index (χ0n) is 14.8. The fourth-order valence-corrected chi connectivity index (χ4v) is 2.88. The normalized spacial score (nSPS) is 18.1. The molecule has 2 N–H and O–H groups in total. The van der Waals surface area contributed by atoms with Gasteiger partial charge in [0.15, 0.2) is 11.8 Å². The fourth-order valence-electron chi connectivity index (χ4n) is 2.88. The van der Waals surface area contributed by atoms with Crippen LogP contribution in [0.1, 0.15) is 44.8 Å². The molecule has 0 amide bonds. The van der Waals surface area contributed by atoms with Crippen molar-refractivity contribution in [3.8, 4) is 0 Å². The Kier molecular flexibility index (Phi) is 6.83. The van der Waals surface area contributed by atoms with Crippen LogP contribution >= 0.6 is 0 Å². The smallest absolute Gasteiger partial charge is 0.191 e. The zero-order chi connectivity index (χ0) is 16.7. The Morgan fingerprint density at radius 1 is 1.43 bits per heavy atom. The van der Waals surface area contributed by atoms with E-state index in [0.29, 0.717) is 18.6 Å². The number of hydrogen-bond donors (Lipinski definition) is 2. The van der Waals surface area contributed by atoms with Gasteiger partial charge in [-0.1, -0.05) is 26.7 Å². The SMILES string of the molecule is CCC(CC)CNC(=NC)NC1CCc2nc(COC)nn2C1. The highest BCUT2D eigenvalue weighted by Gasteiger charge is 2.22. The van der Waals surface area contributed by atoms with Crippen molar-refractivity contribution in [2.45, 2.75) is 58.7 Å². The molecule has 0 radical (unpaired) electrons. The molecule has 23 heavy (non-hydrogen) atoms. The van der Waals surface area contributed by atoms with Crippen molar-refractivity contribution < 1.29 is 4.74 Å². The summed E-state index contributed by atoms with van der Waals surface area (Å²) in [6, 6.07) is 0.326. The maximum absolute atomic E-state index is 5.11. The largest absolute Gasteiger partial charge is 0.377 e. The maximum atomic E-state index is 5.11. The number of guanidine groups is 1. The van der Waals surface area contributed by atoms with E-state index in [4.69, 9.17) is 4.74 Å². The molecule has 0 spiro atoms. The van der Waals surface area contributed by atoms with Gasteiger partial charge in [-0.25, -0.2) is 9.67 Å². The van der Waals surface area contributed by atoms with Crippen LogP contribution in [0.4, 0.5) is 0 Å². The Labute approximate surface area is 138 Å². The van der Waals surface area contributed by atoms with Crippen molar-refractivity contribution >= 4 is 5.96 Å². The summed E-state index contributed by atoms with van der Waals surface area (Å²) in [5, 5.41) is 11.5. The third kappa shape index (κ3) is 4.92. The summed E-state index contributed by atoms with van der Waals surface area (Å²) < 4.78 is 7.10. The summed E-state index contributed by atoms with van der Waals surface area (Å²) in [7, 11) is 3.49. The second-order valence-corrected chi connectivity index (χ2v) is 6.07. The first-order valence-corrected chi connectivity index (χ1v) is 8.58. The molecule has 1 aromatic rings. The van der Waals surface area contributed by atoms with Crippen LogP contribution in [0.5, 0.6) is 0 Å². The molecule has 2 heterocycles. The Morgan fingerprint density at radius 3 is 2.87 bits per heavy atom. The van der Waals surface area contributed by atoms with Crippen molar-refractivity contribution in [3.05, 3.63) is 11.6 Å². The third-order valence-corrected chi connectivity index (χ3v) is 4.45. The molecule has 130 valence electrons. The Morgan fingerprint density at radius 2 is 2.22 bits per heavy atom. The molecule has 7 nitrogen and oxygen atoms in total. The van der Waals surface area contributed by atoms with Gasteiger partial charge >= 0.3 is 0 Å². The number of aromatic nitrogens is 3. The molecule has 0 bridgehead atoms. The van der Waals surface area contributed by atoms with Crippen LogP contribution in [0, 0.1) is 5.92 Å². The zero-order valence-corrected chi connectivity index (χ0v) is 14.8. The van der Waals surface area contributed by atoms with Crippen LogP contribution < -0.4 is 10.6 Å². The van der Waals surface area contributed by atoms with Crippen LogP contribution in [-0.2, 0) is 24.3 Å². The number of nitrogens with one attached hydrogen (secondary N) is 2. The Bertz CT molecular complexity index is 509. The summed E-state index contributed by atoms with van der Waals surface area (Å²) in [5.41, 5.74) is 0. The van der Waals surface area contributed by atoms with Crippen LogP contribution in [0.3, 0.4) is 0 Å². The van der Waals surface area contributed by atoms with E-state index in [1.165, 1.54) is 12.8 Å². The molecule has 0 aromatic carbocycles. The van der Waals surface area contributed by atoms with E-state index in [2.05, 4.69) is 39.6 Å². The van der Waals surface area contributed by atoms with Crippen LogP contribution in [-0.4, -0.2) is 47.5 Å². The average Bonchev–Trinajstić information content (AvgIpc) is 2.96. The number of rotatable bonds is 7. The van der Waals surface area contributed by atoms with Gasteiger partial charge in [0.2, 0.25) is 0 Å². The molecule has 0 fully saturated rings. The molecule has 1 aromatic heterocycles. The molecule has 1 aliphatic heterocycles. The van der Waals surface area contributed by atoms with E-state index < -0.39 is 0 Å². The molecule has 0 saturated carbocycles. The van der Waals surface area contributed by atoms with Crippen molar-refractivity contribution in [1.29, 1.82) is 0 Å². The lowest BCUT2D eigenvalue weighted by atomic mass is 10.0. The van der Waals surface area contributed by atoms with Gasteiger partial charge in [0, 0.05) is 33.2 Å². The van der Waals surface area contributed by atoms with Gasteiger partial charge in [-0.3, -0.25) is 4.99 Å². The van der Waals surface area contributed by atoms with Gasteiger partial charge in [0.25, 0.3) is 0 Å². The first kappa shape index (κ1) is 17.7. The van der Waals surface area contributed by atoms with E-state index >= 15 is 0 Å². The number of fused-ring (bicyclic) bond motifs is 1. The minimum absolute atomic E-state index is 0.326. The van der Waals surface area contributed by atoms with Gasteiger partial charge in [-0.05, 0) is 12.3 Å². The summed E-state index contributed by atoms with van der Waals surface area (Å²) in [6.07, 6.45) is 4.34. The average molecular weight is 322 g/mol. The maximum Gasteiger partial charge on any atom is 0.191 e. The lowest BCUT2D eigenvalue weighted by molar-refractivity contribution is 0.177. The highest BCUT2D eigenvalue weighted by molar-refractivity contribution is 5.79. The first-order valence-electron chi connectivity index (χ1n) is 8.58. The molecular weight excluding hydrogens is 292 g/mol. The molecule has 0 aliphatic carbocycles. The van der Waals surface area contributed by atoms with Crippen LogP contribution in [0.15, 0.2) is 4.99 Å². The van der Waals surface area contributed by atoms with E-state index in [-0.39, 0.29) is 0 Å². The number of hydrogen-bond acceptors (Lipinski definition) is 4. The van der Waals surface area contributed by atoms with Crippen LogP contribution in [0.2, 0.25) is 0 Å². The molecule has 1 aliphatic rings. The first-order chi connectivity index (χ1) is 11.2. The quantitative estimate of drug-likeness (QED) is 0.585. The molecule has 1 atom stereocenters. The van der Waals surface area contributed by atoms with E-state index in [9.17, 15) is 0 Å². The second kappa shape index (κ2) is 8.86. The van der Waals surface area contributed by atoms with Gasteiger partial charge in [-0.15, -0.1) is 0 Å². The molecule has 0 saturated heterocycles. The van der Waals surface area contributed by atoms with E-state index in [1.807, 2.05) is 11.7 Å². The highest BCUT2D eigenvalue weighted by atomic mass is 16.5. The summed E-state index contributed by atoms with van der Waals surface area (Å²) in [5.74, 6) is 3.38. The highest BCUT2D eigenvalue weighted by Crippen LogP contribution is 2.13. The van der Waals surface area contributed by atoms with Crippen molar-refractivity contribution in [2.24, 2.45) is 10.9 Å². The summed E-state index contributed by atoms with van der Waals surface area (Å²) in [6.45, 7) is 6.72. The van der Waals surface area contributed by atoms with Gasteiger partial charge < -0.3 is 15.4 Å².